The van der Waals surface area contributed by atoms with Crippen molar-refractivity contribution in [1.29, 1.82) is 0 Å². The first-order valence-corrected chi connectivity index (χ1v) is 7.88. The number of aliphatic hydroxyl groups is 1. The molecule has 0 spiro atoms. The summed E-state index contributed by atoms with van der Waals surface area (Å²) in [7, 11) is -3.09. The number of rotatable bonds is 5. The summed E-state index contributed by atoms with van der Waals surface area (Å²) in [6, 6.07) is 2.91. The molecule has 1 N–H and O–H groups in total. The smallest absolute Gasteiger partial charge is 0.150 e. The minimum atomic E-state index is -3.09. The summed E-state index contributed by atoms with van der Waals surface area (Å²) in [5.74, 6) is -0.214. The molecular formula is C13H15FO4S. The molecule has 1 aromatic carbocycles. The Kier molecular flexibility index (Phi) is 3.91. The highest BCUT2D eigenvalue weighted by Crippen LogP contribution is 2.30. The minimum absolute atomic E-state index is 0.00263. The summed E-state index contributed by atoms with van der Waals surface area (Å²) in [4.78, 5) is 0. The maximum Gasteiger partial charge on any atom is 0.150 e. The van der Waals surface area contributed by atoms with Crippen LogP contribution < -0.4 is 4.74 Å². The first-order valence-electron chi connectivity index (χ1n) is 5.82. The van der Waals surface area contributed by atoms with Gasteiger partial charge in [-0.05, 0) is 29.7 Å². The minimum Gasteiger partial charge on any atom is -0.492 e. The Bertz CT molecular complexity index is 620. The van der Waals surface area contributed by atoms with Gasteiger partial charge in [-0.2, -0.15) is 0 Å². The molecule has 0 saturated heterocycles. The van der Waals surface area contributed by atoms with E-state index < -0.39 is 15.7 Å². The largest absolute Gasteiger partial charge is 0.492 e. The molecule has 0 radical (unpaired) electrons. The molecule has 4 nitrogen and oxygen atoms in total. The second kappa shape index (κ2) is 5.30. The maximum atomic E-state index is 13.8. The fraction of sp³-hybridized carbons (Fsp3) is 0.385. The average molecular weight is 286 g/mol. The van der Waals surface area contributed by atoms with Gasteiger partial charge in [-0.1, -0.05) is 0 Å². The lowest BCUT2D eigenvalue weighted by atomic mass is 10.1. The van der Waals surface area contributed by atoms with Crippen LogP contribution >= 0.6 is 0 Å². The second-order valence-corrected chi connectivity index (χ2v) is 6.85. The number of hydrogen-bond donors (Lipinski definition) is 1. The lowest BCUT2D eigenvalue weighted by Gasteiger charge is -2.08. The van der Waals surface area contributed by atoms with Crippen molar-refractivity contribution in [1.82, 2.24) is 0 Å². The van der Waals surface area contributed by atoms with Crippen LogP contribution in [0, 0.1) is 5.82 Å². The first-order chi connectivity index (χ1) is 8.89. The van der Waals surface area contributed by atoms with Gasteiger partial charge in [0.05, 0.1) is 12.4 Å². The standard InChI is InChI=1S/C13H15FO4S/c1-19(16,17)3-2-18-11-6-10-4-9(8-15)5-12(10)13(14)7-11/h5-7,15H,2-4,8H2,1H3. The van der Waals surface area contributed by atoms with Gasteiger partial charge in [0.25, 0.3) is 0 Å². The normalized spacial score (nSPS) is 14.2. The molecule has 0 saturated carbocycles. The van der Waals surface area contributed by atoms with Gasteiger partial charge in [0.2, 0.25) is 0 Å². The summed E-state index contributed by atoms with van der Waals surface area (Å²) in [5, 5.41) is 9.04. The number of aliphatic hydroxyl groups excluding tert-OH is 1. The topological polar surface area (TPSA) is 63.6 Å². The van der Waals surface area contributed by atoms with E-state index in [0.29, 0.717) is 17.7 Å². The molecule has 104 valence electrons. The zero-order chi connectivity index (χ0) is 14.0. The van der Waals surface area contributed by atoms with E-state index in [4.69, 9.17) is 9.84 Å². The first kappa shape index (κ1) is 14.0. The van der Waals surface area contributed by atoms with Crippen molar-refractivity contribution in [3.05, 3.63) is 34.6 Å². The van der Waals surface area contributed by atoms with Crippen molar-refractivity contribution >= 4 is 15.9 Å². The van der Waals surface area contributed by atoms with Gasteiger partial charge in [0, 0.05) is 17.9 Å². The molecule has 0 amide bonds. The zero-order valence-corrected chi connectivity index (χ0v) is 11.3. The summed E-state index contributed by atoms with van der Waals surface area (Å²) in [5.41, 5.74) is 1.97. The summed E-state index contributed by atoms with van der Waals surface area (Å²) >= 11 is 0. The van der Waals surface area contributed by atoms with Crippen LogP contribution in [0.2, 0.25) is 0 Å². The molecule has 0 unspecified atom stereocenters. The highest BCUT2D eigenvalue weighted by molar-refractivity contribution is 7.90. The van der Waals surface area contributed by atoms with Crippen LogP contribution in [-0.4, -0.2) is 38.7 Å². The van der Waals surface area contributed by atoms with Crippen molar-refractivity contribution in [2.45, 2.75) is 6.42 Å². The number of sulfone groups is 1. The number of hydrogen-bond acceptors (Lipinski definition) is 4. The monoisotopic (exact) mass is 286 g/mol. The lowest BCUT2D eigenvalue weighted by molar-refractivity contribution is 0.330. The van der Waals surface area contributed by atoms with E-state index in [9.17, 15) is 12.8 Å². The Hall–Kier alpha value is -1.40. The average Bonchev–Trinajstić information content (AvgIpc) is 2.71. The Morgan fingerprint density at radius 2 is 2.16 bits per heavy atom. The van der Waals surface area contributed by atoms with Gasteiger partial charge in [-0.25, -0.2) is 12.8 Å². The number of ether oxygens (including phenoxy) is 1. The Morgan fingerprint density at radius 1 is 1.42 bits per heavy atom. The third-order valence-electron chi connectivity index (χ3n) is 2.88. The molecular weight excluding hydrogens is 271 g/mol. The van der Waals surface area contributed by atoms with Crippen LogP contribution in [0.15, 0.2) is 17.7 Å². The molecule has 0 atom stereocenters. The van der Waals surface area contributed by atoms with E-state index >= 15 is 0 Å². The molecule has 2 rings (SSSR count). The fourth-order valence-electron chi connectivity index (χ4n) is 1.95. The molecule has 0 bridgehead atoms. The molecule has 1 aromatic rings. The number of halogens is 1. The van der Waals surface area contributed by atoms with Gasteiger partial charge < -0.3 is 9.84 Å². The van der Waals surface area contributed by atoms with E-state index in [1.807, 2.05) is 0 Å². The van der Waals surface area contributed by atoms with Gasteiger partial charge in [-0.3, -0.25) is 0 Å². The van der Waals surface area contributed by atoms with Gasteiger partial charge >= 0.3 is 0 Å². The number of benzene rings is 1. The van der Waals surface area contributed by atoms with Crippen molar-refractivity contribution in [2.24, 2.45) is 0 Å². The van der Waals surface area contributed by atoms with Crippen molar-refractivity contribution in [2.75, 3.05) is 25.2 Å². The van der Waals surface area contributed by atoms with Crippen LogP contribution in [-0.2, 0) is 16.3 Å². The molecule has 19 heavy (non-hydrogen) atoms. The van der Waals surface area contributed by atoms with E-state index in [1.54, 1.807) is 12.1 Å². The predicted octanol–water partition coefficient (Wildman–Crippen LogP) is 1.18. The van der Waals surface area contributed by atoms with Crippen LogP contribution in [0.3, 0.4) is 0 Å². The van der Waals surface area contributed by atoms with E-state index in [0.717, 1.165) is 17.4 Å². The van der Waals surface area contributed by atoms with E-state index in [1.165, 1.54) is 6.07 Å². The zero-order valence-electron chi connectivity index (χ0n) is 10.5. The SMILES string of the molecule is CS(=O)(=O)CCOc1cc(F)c2c(c1)CC(CO)=C2. The van der Waals surface area contributed by atoms with Crippen LogP contribution in [0.5, 0.6) is 5.75 Å². The molecule has 1 aliphatic carbocycles. The molecule has 0 aromatic heterocycles. The van der Waals surface area contributed by atoms with Crippen molar-refractivity contribution in [3.63, 3.8) is 0 Å². The Labute approximate surface area is 111 Å². The van der Waals surface area contributed by atoms with Crippen molar-refractivity contribution in [3.8, 4) is 5.75 Å². The molecule has 6 heteroatoms. The van der Waals surface area contributed by atoms with Gasteiger partial charge in [-0.15, -0.1) is 0 Å². The summed E-state index contributed by atoms with van der Waals surface area (Å²) in [6.45, 7) is -0.101. The Balaban J connectivity index is 2.09. The second-order valence-electron chi connectivity index (χ2n) is 4.59. The summed E-state index contributed by atoms with van der Waals surface area (Å²) < 4.78 is 41.0. The predicted molar refractivity (Wildman–Crippen MR) is 70.4 cm³/mol. The van der Waals surface area contributed by atoms with Crippen LogP contribution in [0.4, 0.5) is 4.39 Å². The Morgan fingerprint density at radius 3 is 2.79 bits per heavy atom. The molecule has 0 heterocycles. The summed E-state index contributed by atoms with van der Waals surface area (Å²) in [6.07, 6.45) is 3.24. The number of fused-ring (bicyclic) bond motifs is 1. The highest BCUT2D eigenvalue weighted by atomic mass is 32.2. The van der Waals surface area contributed by atoms with Crippen LogP contribution in [0.25, 0.3) is 6.08 Å². The molecule has 1 aliphatic rings. The van der Waals surface area contributed by atoms with E-state index in [-0.39, 0.29) is 19.0 Å². The van der Waals surface area contributed by atoms with Gasteiger partial charge in [0.1, 0.15) is 18.2 Å². The lowest BCUT2D eigenvalue weighted by Crippen LogP contribution is -2.12. The molecule has 0 aliphatic heterocycles. The quantitative estimate of drug-likeness (QED) is 0.883. The van der Waals surface area contributed by atoms with Crippen LogP contribution in [0.1, 0.15) is 11.1 Å². The van der Waals surface area contributed by atoms with Crippen molar-refractivity contribution < 1.29 is 22.7 Å². The fourth-order valence-corrected chi connectivity index (χ4v) is 2.34. The molecule has 0 fully saturated rings. The maximum absolute atomic E-state index is 13.8. The third-order valence-corrected chi connectivity index (χ3v) is 3.79. The third kappa shape index (κ3) is 3.54. The van der Waals surface area contributed by atoms with E-state index in [2.05, 4.69) is 0 Å². The highest BCUT2D eigenvalue weighted by Gasteiger charge is 2.17. The van der Waals surface area contributed by atoms with Gasteiger partial charge in [0.15, 0.2) is 9.84 Å².